The van der Waals surface area contributed by atoms with Crippen molar-refractivity contribution in [1.82, 2.24) is 4.98 Å². The number of nitrogens with one attached hydrogen (secondary N) is 1. The maximum Gasteiger partial charge on any atom is 0.337 e. The van der Waals surface area contributed by atoms with Crippen LogP contribution in [0.4, 0.5) is 0 Å². The average Bonchev–Trinajstić information content (AvgIpc) is 3.31. The number of aromatic nitrogens is 1. The Hall–Kier alpha value is -3.25. The molecule has 1 N–H and O–H groups in total. The van der Waals surface area contributed by atoms with Crippen LogP contribution < -0.4 is 4.74 Å². The number of carbonyl (C=O) groups is 2. The van der Waals surface area contributed by atoms with E-state index in [1.807, 2.05) is 58.0 Å². The Morgan fingerprint density at radius 3 is 2.47 bits per heavy atom. The molecule has 0 aliphatic rings. The number of methoxy groups -OCH3 is 1. The molecular formula is C27H30ClNO5. The third-order valence-corrected chi connectivity index (χ3v) is 5.39. The van der Waals surface area contributed by atoms with Gasteiger partial charge in [-0.1, -0.05) is 24.6 Å². The lowest BCUT2D eigenvalue weighted by molar-refractivity contribution is -0.155. The number of carbonyl (C=O) groups excluding carboxylic acids is 2. The van der Waals surface area contributed by atoms with Crippen LogP contribution in [-0.4, -0.2) is 36.2 Å². The van der Waals surface area contributed by atoms with Crippen LogP contribution in [0.3, 0.4) is 0 Å². The van der Waals surface area contributed by atoms with Crippen LogP contribution in [-0.2, 0) is 14.3 Å². The van der Waals surface area contributed by atoms with Gasteiger partial charge in [0.2, 0.25) is 0 Å². The van der Waals surface area contributed by atoms with Gasteiger partial charge >= 0.3 is 11.9 Å². The van der Waals surface area contributed by atoms with E-state index in [1.54, 1.807) is 24.4 Å². The van der Waals surface area contributed by atoms with Gasteiger partial charge in [-0.2, -0.15) is 0 Å². The maximum atomic E-state index is 13.4. The molecule has 0 aliphatic heterocycles. The van der Waals surface area contributed by atoms with Gasteiger partial charge < -0.3 is 19.2 Å². The summed E-state index contributed by atoms with van der Waals surface area (Å²) in [7, 11) is 1.33. The second-order valence-electron chi connectivity index (χ2n) is 8.88. The highest BCUT2D eigenvalue weighted by Gasteiger charge is 2.32. The highest BCUT2D eigenvalue weighted by atomic mass is 35.5. The van der Waals surface area contributed by atoms with Crippen molar-refractivity contribution in [3.8, 4) is 16.9 Å². The number of benzene rings is 2. The van der Waals surface area contributed by atoms with Crippen molar-refractivity contribution in [2.75, 3.05) is 13.7 Å². The van der Waals surface area contributed by atoms with Gasteiger partial charge in [-0.15, -0.1) is 0 Å². The van der Waals surface area contributed by atoms with Crippen LogP contribution >= 0.6 is 11.6 Å². The molecule has 0 saturated carbocycles. The molecule has 180 valence electrons. The van der Waals surface area contributed by atoms with Crippen molar-refractivity contribution >= 4 is 23.5 Å². The Bertz CT molecular complexity index is 1150. The first-order chi connectivity index (χ1) is 16.1. The Labute approximate surface area is 205 Å². The van der Waals surface area contributed by atoms with E-state index < -0.39 is 23.5 Å². The van der Waals surface area contributed by atoms with Crippen molar-refractivity contribution in [3.63, 3.8) is 0 Å². The Morgan fingerprint density at radius 1 is 1.09 bits per heavy atom. The van der Waals surface area contributed by atoms with Gasteiger partial charge in [-0.3, -0.25) is 4.79 Å². The van der Waals surface area contributed by atoms with E-state index in [4.69, 9.17) is 25.8 Å². The molecule has 1 heterocycles. The molecule has 34 heavy (non-hydrogen) atoms. The third-order valence-electron chi connectivity index (χ3n) is 5.06. The van der Waals surface area contributed by atoms with Crippen LogP contribution in [0.25, 0.3) is 11.1 Å². The molecule has 6 nitrogen and oxygen atoms in total. The van der Waals surface area contributed by atoms with Gasteiger partial charge in [-0.25, -0.2) is 4.79 Å². The molecular weight excluding hydrogens is 454 g/mol. The molecule has 3 rings (SSSR count). The molecule has 0 spiro atoms. The van der Waals surface area contributed by atoms with Crippen LogP contribution in [0.5, 0.6) is 5.75 Å². The molecule has 3 aromatic rings. The van der Waals surface area contributed by atoms with E-state index in [0.717, 1.165) is 12.0 Å². The summed E-state index contributed by atoms with van der Waals surface area (Å²) in [6.45, 7) is 8.01. The lowest BCUT2D eigenvalue weighted by Crippen LogP contribution is -2.28. The summed E-state index contributed by atoms with van der Waals surface area (Å²) in [4.78, 5) is 28.6. The number of halogens is 1. The lowest BCUT2D eigenvalue weighted by Gasteiger charge is -2.25. The molecule has 1 aromatic heterocycles. The predicted octanol–water partition coefficient (Wildman–Crippen LogP) is 6.38. The largest absolute Gasteiger partial charge is 0.493 e. The monoisotopic (exact) mass is 483 g/mol. The smallest absolute Gasteiger partial charge is 0.337 e. The fraction of sp³-hybridized carbons (Fsp3) is 0.333. The first kappa shape index (κ1) is 25.4. The molecule has 0 aliphatic carbocycles. The van der Waals surface area contributed by atoms with E-state index in [-0.39, 0.29) is 0 Å². The zero-order chi connectivity index (χ0) is 24.9. The van der Waals surface area contributed by atoms with Crippen LogP contribution in [0.15, 0.2) is 54.7 Å². The van der Waals surface area contributed by atoms with E-state index in [1.165, 1.54) is 7.11 Å². The zero-order valence-corrected chi connectivity index (χ0v) is 20.9. The molecule has 0 fully saturated rings. The van der Waals surface area contributed by atoms with E-state index in [2.05, 4.69) is 4.98 Å². The topological polar surface area (TPSA) is 77.6 Å². The van der Waals surface area contributed by atoms with Crippen molar-refractivity contribution in [3.05, 3.63) is 76.6 Å². The molecule has 0 saturated heterocycles. The van der Waals surface area contributed by atoms with Crippen molar-refractivity contribution < 1.29 is 23.8 Å². The summed E-state index contributed by atoms with van der Waals surface area (Å²) in [5, 5.41) is 0.467. The molecule has 1 atom stereocenters. The second-order valence-corrected chi connectivity index (χ2v) is 9.29. The molecule has 2 aromatic carbocycles. The summed E-state index contributed by atoms with van der Waals surface area (Å²) in [5.74, 6) is -1.03. The summed E-state index contributed by atoms with van der Waals surface area (Å²) in [5.41, 5.74) is 2.41. The van der Waals surface area contributed by atoms with E-state index in [0.29, 0.717) is 39.8 Å². The molecule has 7 heteroatoms. The first-order valence-electron chi connectivity index (χ1n) is 11.2. The van der Waals surface area contributed by atoms with Crippen molar-refractivity contribution in [2.24, 2.45) is 0 Å². The lowest BCUT2D eigenvalue weighted by atomic mass is 9.91. The highest BCUT2D eigenvalue weighted by molar-refractivity contribution is 6.33. The van der Waals surface area contributed by atoms with Gasteiger partial charge in [0.15, 0.2) is 0 Å². The quantitative estimate of drug-likeness (QED) is 0.376. The summed E-state index contributed by atoms with van der Waals surface area (Å²) >= 11 is 6.50. The average molecular weight is 484 g/mol. The zero-order valence-electron chi connectivity index (χ0n) is 20.1. The highest BCUT2D eigenvalue weighted by Crippen LogP contribution is 2.38. The number of ether oxygens (including phenoxy) is 3. The number of aromatic amines is 1. The molecule has 1 unspecified atom stereocenters. The molecule has 0 amide bonds. The summed E-state index contributed by atoms with van der Waals surface area (Å²) < 4.78 is 16.6. The van der Waals surface area contributed by atoms with Crippen LogP contribution in [0.1, 0.15) is 61.6 Å². The first-order valence-corrected chi connectivity index (χ1v) is 11.5. The Kier molecular flexibility index (Phi) is 8.05. The van der Waals surface area contributed by atoms with Gasteiger partial charge in [0, 0.05) is 28.0 Å². The predicted molar refractivity (Wildman–Crippen MR) is 132 cm³/mol. The summed E-state index contributed by atoms with van der Waals surface area (Å²) in [6.07, 6.45) is 2.58. The van der Waals surface area contributed by atoms with Gasteiger partial charge in [0.1, 0.15) is 17.3 Å². The minimum atomic E-state index is -0.747. The standard InChI is InChI=1S/C27H30ClNO5/c1-6-14-33-23-12-10-17(19-16-18(25(30)32-5)9-11-21(19)28)15-20(23)24(22-8-7-13-29-22)26(31)34-27(2,3)4/h7-13,15-16,24,29H,6,14H2,1-5H3. The maximum absolute atomic E-state index is 13.4. The number of rotatable bonds is 8. The fourth-order valence-electron chi connectivity index (χ4n) is 3.58. The normalized spacial score (nSPS) is 12.2. The van der Waals surface area contributed by atoms with E-state index in [9.17, 15) is 9.59 Å². The van der Waals surface area contributed by atoms with Gasteiger partial charge in [0.25, 0.3) is 0 Å². The third kappa shape index (κ3) is 6.00. The van der Waals surface area contributed by atoms with Crippen molar-refractivity contribution in [2.45, 2.75) is 45.6 Å². The minimum Gasteiger partial charge on any atom is -0.493 e. The Morgan fingerprint density at radius 2 is 1.85 bits per heavy atom. The van der Waals surface area contributed by atoms with Crippen molar-refractivity contribution in [1.29, 1.82) is 0 Å². The fourth-order valence-corrected chi connectivity index (χ4v) is 3.81. The number of H-pyrrole nitrogens is 1. The van der Waals surface area contributed by atoms with Gasteiger partial charge in [0.05, 0.1) is 19.3 Å². The second kappa shape index (κ2) is 10.8. The van der Waals surface area contributed by atoms with Crippen LogP contribution in [0.2, 0.25) is 5.02 Å². The Balaban J connectivity index is 2.18. The minimum absolute atomic E-state index is 0.378. The SMILES string of the molecule is CCCOc1ccc(-c2cc(C(=O)OC)ccc2Cl)cc1C(C(=O)OC(C)(C)C)c1ccc[nH]1. The number of hydrogen-bond donors (Lipinski definition) is 1. The molecule has 0 bridgehead atoms. The summed E-state index contributed by atoms with van der Waals surface area (Å²) in [6, 6.07) is 14.2. The number of hydrogen-bond acceptors (Lipinski definition) is 5. The van der Waals surface area contributed by atoms with Gasteiger partial charge in [-0.05, 0) is 75.2 Å². The molecule has 0 radical (unpaired) electrons. The number of esters is 2. The van der Waals surface area contributed by atoms with E-state index >= 15 is 0 Å². The van der Waals surface area contributed by atoms with Crippen LogP contribution in [0, 0.1) is 0 Å².